The van der Waals surface area contributed by atoms with Crippen LogP contribution in [0, 0.1) is 5.82 Å². The molecule has 0 spiro atoms. The Morgan fingerprint density at radius 2 is 1.94 bits per heavy atom. The molecule has 2 atom stereocenters. The molecule has 0 unspecified atom stereocenters. The predicted molar refractivity (Wildman–Crippen MR) is 122 cm³/mol. The number of likely N-dealkylation sites (tertiary alicyclic amines) is 1. The van der Waals surface area contributed by atoms with Gasteiger partial charge in [-0.3, -0.25) is 14.2 Å². The predicted octanol–water partition coefficient (Wildman–Crippen LogP) is 4.09. The SMILES string of the molecule is CC(=O)N1CC[C@@](C)(c2cc3c(N[C@H](C)c4cccc(C(F)F)c4F)ncnc3n(C)c2=O)C1. The highest BCUT2D eigenvalue weighted by Gasteiger charge is 2.39. The van der Waals surface area contributed by atoms with E-state index in [1.165, 1.54) is 30.0 Å². The maximum absolute atomic E-state index is 14.7. The van der Waals surface area contributed by atoms with Crippen molar-refractivity contribution in [2.45, 2.75) is 45.1 Å². The summed E-state index contributed by atoms with van der Waals surface area (Å²) in [7, 11) is 1.61. The van der Waals surface area contributed by atoms with E-state index < -0.39 is 29.3 Å². The lowest BCUT2D eigenvalue weighted by Crippen LogP contribution is -2.37. The van der Waals surface area contributed by atoms with Crippen LogP contribution in [0.1, 0.15) is 56.3 Å². The Kier molecular flexibility index (Phi) is 6.09. The van der Waals surface area contributed by atoms with Crippen LogP contribution in [0.4, 0.5) is 19.0 Å². The van der Waals surface area contributed by atoms with E-state index >= 15 is 0 Å². The van der Waals surface area contributed by atoms with Crippen molar-refractivity contribution in [3.63, 3.8) is 0 Å². The Balaban J connectivity index is 1.78. The zero-order valence-electron chi connectivity index (χ0n) is 19.4. The van der Waals surface area contributed by atoms with Crippen molar-refractivity contribution < 1.29 is 18.0 Å². The fraction of sp³-hybridized carbons (Fsp3) is 0.417. The minimum absolute atomic E-state index is 0.0473. The number of aryl methyl sites for hydroxylation is 1. The lowest BCUT2D eigenvalue weighted by Gasteiger charge is -2.25. The number of benzene rings is 1. The molecular formula is C24H26F3N5O2. The summed E-state index contributed by atoms with van der Waals surface area (Å²) in [6, 6.07) is 4.93. The number of hydrogen-bond donors (Lipinski definition) is 1. The molecule has 4 rings (SSSR count). The second kappa shape index (κ2) is 8.73. The average molecular weight is 473 g/mol. The number of fused-ring (bicyclic) bond motifs is 1. The first-order valence-electron chi connectivity index (χ1n) is 11.0. The summed E-state index contributed by atoms with van der Waals surface area (Å²) in [6.07, 6.45) is -1.01. The topological polar surface area (TPSA) is 80.1 Å². The quantitative estimate of drug-likeness (QED) is 0.604. The van der Waals surface area contributed by atoms with Gasteiger partial charge in [-0.25, -0.2) is 23.1 Å². The normalized spacial score (nSPS) is 19.1. The lowest BCUT2D eigenvalue weighted by atomic mass is 9.82. The van der Waals surface area contributed by atoms with Crippen molar-refractivity contribution in [2.24, 2.45) is 7.05 Å². The molecule has 1 aromatic carbocycles. The highest BCUT2D eigenvalue weighted by Crippen LogP contribution is 2.35. The second-order valence-electron chi connectivity index (χ2n) is 9.05. The fourth-order valence-electron chi connectivity index (χ4n) is 4.62. The van der Waals surface area contributed by atoms with E-state index in [-0.39, 0.29) is 17.0 Å². The number of anilines is 1. The summed E-state index contributed by atoms with van der Waals surface area (Å²) in [5.41, 5.74) is -0.436. The molecule has 7 nitrogen and oxygen atoms in total. The molecule has 0 radical (unpaired) electrons. The summed E-state index contributed by atoms with van der Waals surface area (Å²) in [6.45, 7) is 6.07. The van der Waals surface area contributed by atoms with Gasteiger partial charge in [-0.1, -0.05) is 25.1 Å². The molecule has 0 bridgehead atoms. The third kappa shape index (κ3) is 4.01. The van der Waals surface area contributed by atoms with Gasteiger partial charge in [0.25, 0.3) is 12.0 Å². The number of amides is 1. The van der Waals surface area contributed by atoms with Crippen LogP contribution in [0.5, 0.6) is 0 Å². The van der Waals surface area contributed by atoms with Crippen LogP contribution < -0.4 is 10.9 Å². The molecule has 10 heteroatoms. The van der Waals surface area contributed by atoms with Crippen molar-refractivity contribution in [1.82, 2.24) is 19.4 Å². The van der Waals surface area contributed by atoms with Crippen molar-refractivity contribution in [3.05, 3.63) is 63.5 Å². The van der Waals surface area contributed by atoms with Crippen molar-refractivity contribution in [2.75, 3.05) is 18.4 Å². The summed E-state index contributed by atoms with van der Waals surface area (Å²) in [5, 5.41) is 3.64. The zero-order chi connectivity index (χ0) is 24.8. The molecule has 1 amide bonds. The summed E-state index contributed by atoms with van der Waals surface area (Å²) >= 11 is 0. The molecule has 0 saturated carbocycles. The van der Waals surface area contributed by atoms with Gasteiger partial charge in [0.05, 0.1) is 17.0 Å². The molecule has 1 fully saturated rings. The van der Waals surface area contributed by atoms with E-state index in [1.807, 2.05) is 6.92 Å². The van der Waals surface area contributed by atoms with Gasteiger partial charge in [0, 0.05) is 43.6 Å². The van der Waals surface area contributed by atoms with Crippen LogP contribution in [-0.2, 0) is 17.3 Å². The number of carbonyl (C=O) groups excluding carboxylic acids is 1. The van der Waals surface area contributed by atoms with Gasteiger partial charge in [-0.15, -0.1) is 0 Å². The third-order valence-electron chi connectivity index (χ3n) is 6.69. The molecule has 2 aromatic heterocycles. The van der Waals surface area contributed by atoms with Crippen LogP contribution >= 0.6 is 0 Å². The number of nitrogens with one attached hydrogen (secondary N) is 1. The van der Waals surface area contributed by atoms with Gasteiger partial charge in [-0.05, 0) is 19.4 Å². The Labute approximate surface area is 194 Å². The molecule has 0 aliphatic carbocycles. The Bertz CT molecular complexity index is 1330. The monoisotopic (exact) mass is 473 g/mol. The largest absolute Gasteiger partial charge is 0.363 e. The van der Waals surface area contributed by atoms with E-state index in [1.54, 1.807) is 24.9 Å². The van der Waals surface area contributed by atoms with Gasteiger partial charge in [0.15, 0.2) is 0 Å². The number of pyridine rings is 1. The van der Waals surface area contributed by atoms with E-state index in [0.29, 0.717) is 41.9 Å². The van der Waals surface area contributed by atoms with Gasteiger partial charge in [0.1, 0.15) is 23.6 Å². The number of rotatable bonds is 5. The zero-order valence-corrected chi connectivity index (χ0v) is 19.4. The van der Waals surface area contributed by atoms with Gasteiger partial charge in [0.2, 0.25) is 5.91 Å². The third-order valence-corrected chi connectivity index (χ3v) is 6.69. The molecule has 1 aliphatic heterocycles. The smallest absolute Gasteiger partial charge is 0.266 e. The molecular weight excluding hydrogens is 447 g/mol. The van der Waals surface area contributed by atoms with E-state index in [9.17, 15) is 22.8 Å². The Morgan fingerprint density at radius 3 is 2.59 bits per heavy atom. The van der Waals surface area contributed by atoms with Crippen molar-refractivity contribution >= 4 is 22.8 Å². The Hall–Kier alpha value is -3.43. The molecule has 34 heavy (non-hydrogen) atoms. The summed E-state index contributed by atoms with van der Waals surface area (Å²) < 4.78 is 42.4. The molecule has 1 saturated heterocycles. The van der Waals surface area contributed by atoms with Gasteiger partial charge < -0.3 is 10.2 Å². The van der Waals surface area contributed by atoms with Crippen molar-refractivity contribution in [3.8, 4) is 0 Å². The maximum Gasteiger partial charge on any atom is 0.266 e. The molecule has 1 N–H and O–H groups in total. The van der Waals surface area contributed by atoms with Gasteiger partial charge in [-0.2, -0.15) is 0 Å². The van der Waals surface area contributed by atoms with E-state index in [2.05, 4.69) is 15.3 Å². The van der Waals surface area contributed by atoms with E-state index in [0.717, 1.165) is 6.07 Å². The maximum atomic E-state index is 14.7. The fourth-order valence-corrected chi connectivity index (χ4v) is 4.62. The average Bonchev–Trinajstić information content (AvgIpc) is 3.19. The van der Waals surface area contributed by atoms with Crippen molar-refractivity contribution in [1.29, 1.82) is 0 Å². The minimum atomic E-state index is -2.93. The summed E-state index contributed by atoms with van der Waals surface area (Å²) in [4.78, 5) is 35.3. The van der Waals surface area contributed by atoms with Crippen LogP contribution in [0.15, 0.2) is 35.4 Å². The van der Waals surface area contributed by atoms with Gasteiger partial charge >= 0.3 is 0 Å². The number of nitrogens with zero attached hydrogens (tertiary/aromatic N) is 4. The minimum Gasteiger partial charge on any atom is -0.363 e. The number of hydrogen-bond acceptors (Lipinski definition) is 5. The summed E-state index contributed by atoms with van der Waals surface area (Å²) in [5.74, 6) is -0.665. The first-order valence-corrected chi connectivity index (χ1v) is 11.0. The first kappa shape index (κ1) is 23.7. The molecule has 180 valence electrons. The lowest BCUT2D eigenvalue weighted by molar-refractivity contribution is -0.127. The van der Waals surface area contributed by atoms with Crippen LogP contribution in [-0.4, -0.2) is 38.4 Å². The van der Waals surface area contributed by atoms with Crippen LogP contribution in [0.25, 0.3) is 11.0 Å². The molecule has 3 heterocycles. The van der Waals surface area contributed by atoms with E-state index in [4.69, 9.17) is 0 Å². The first-order chi connectivity index (χ1) is 16.0. The number of alkyl halides is 2. The van der Waals surface area contributed by atoms with Crippen LogP contribution in [0.3, 0.4) is 0 Å². The standard InChI is InChI=1S/C24H26F3N5O2/c1-13(15-6-5-7-16(19(15)25)20(26)27)30-21-17-10-18(23(34)31(4)22(17)29-12-28-21)24(3)8-9-32(11-24)14(2)33/h5-7,10,12-13,20H,8-9,11H2,1-4H3,(H,28,29,30)/t13-,24-/m1/s1. The molecule has 3 aromatic rings. The second-order valence-corrected chi connectivity index (χ2v) is 9.05. The highest BCUT2D eigenvalue weighted by atomic mass is 19.3. The van der Waals surface area contributed by atoms with Crippen LogP contribution in [0.2, 0.25) is 0 Å². The number of aromatic nitrogens is 3. The highest BCUT2D eigenvalue weighted by molar-refractivity contribution is 5.87. The number of halogens is 3. The number of carbonyl (C=O) groups is 1. The Morgan fingerprint density at radius 1 is 1.24 bits per heavy atom. The molecule has 1 aliphatic rings.